The van der Waals surface area contributed by atoms with Crippen molar-refractivity contribution in [1.29, 1.82) is 0 Å². The topological polar surface area (TPSA) is 55.6 Å². The molecule has 32 heavy (non-hydrogen) atoms. The minimum absolute atomic E-state index is 0.728. The number of fused-ring (bicyclic) bond motifs is 1. The molecule has 1 saturated heterocycles. The average Bonchev–Trinajstić information content (AvgIpc) is 2.84. The molecule has 0 bridgehead atoms. The second-order valence-corrected chi connectivity index (χ2v) is 8.36. The van der Waals surface area contributed by atoms with E-state index in [1.54, 1.807) is 18.2 Å². The van der Waals surface area contributed by atoms with Crippen molar-refractivity contribution in [2.45, 2.75) is 13.5 Å². The van der Waals surface area contributed by atoms with E-state index in [4.69, 9.17) is 14.7 Å². The Balaban J connectivity index is 1.39. The second-order valence-electron chi connectivity index (χ2n) is 8.36. The summed E-state index contributed by atoms with van der Waals surface area (Å²) < 4.78 is 5.59. The third kappa shape index (κ3) is 4.14. The van der Waals surface area contributed by atoms with Gasteiger partial charge in [-0.25, -0.2) is 9.97 Å². The van der Waals surface area contributed by atoms with Gasteiger partial charge in [-0.15, -0.1) is 0 Å². The first kappa shape index (κ1) is 20.4. The third-order valence-corrected chi connectivity index (χ3v) is 6.15. The Labute approximate surface area is 188 Å². The van der Waals surface area contributed by atoms with Crippen molar-refractivity contribution in [1.82, 2.24) is 15.0 Å². The maximum atomic E-state index is 5.59. The summed E-state index contributed by atoms with van der Waals surface area (Å²) in [5, 5.41) is 1.10. The molecule has 0 saturated carbocycles. The summed E-state index contributed by atoms with van der Waals surface area (Å²) in [6.45, 7) is 7.13. The summed E-state index contributed by atoms with van der Waals surface area (Å²) in [5.74, 6) is 2.72. The van der Waals surface area contributed by atoms with Crippen LogP contribution in [0.15, 0.2) is 67.0 Å². The number of quaternary nitrogens is 1. The number of hydrogen-bond acceptors (Lipinski definition) is 5. The van der Waals surface area contributed by atoms with Crippen LogP contribution in [0.3, 0.4) is 0 Å². The zero-order chi connectivity index (χ0) is 21.9. The molecule has 1 aliphatic rings. The van der Waals surface area contributed by atoms with E-state index in [0.29, 0.717) is 0 Å². The zero-order valence-electron chi connectivity index (χ0n) is 18.6. The number of ether oxygens (including phenoxy) is 1. The highest BCUT2D eigenvalue weighted by atomic mass is 16.5. The van der Waals surface area contributed by atoms with E-state index < -0.39 is 0 Å². The predicted octanol–water partition coefficient (Wildman–Crippen LogP) is 2.91. The molecule has 1 N–H and O–H groups in total. The molecule has 0 aliphatic carbocycles. The van der Waals surface area contributed by atoms with Gasteiger partial charge in [0, 0.05) is 28.9 Å². The lowest BCUT2D eigenvalue weighted by Crippen LogP contribution is -3.13. The fourth-order valence-electron chi connectivity index (χ4n) is 4.45. The maximum Gasteiger partial charge on any atom is 0.163 e. The summed E-state index contributed by atoms with van der Waals surface area (Å²) in [6.07, 6.45) is 3.60. The van der Waals surface area contributed by atoms with Crippen LogP contribution in [0, 0.1) is 6.92 Å². The Kier molecular flexibility index (Phi) is 5.69. The molecule has 162 valence electrons. The molecule has 6 heteroatoms. The van der Waals surface area contributed by atoms with Crippen molar-refractivity contribution in [2.24, 2.45) is 0 Å². The number of hydrogen-bond donors (Lipinski definition) is 1. The van der Waals surface area contributed by atoms with Gasteiger partial charge in [-0.1, -0.05) is 23.8 Å². The van der Waals surface area contributed by atoms with Crippen LogP contribution < -0.4 is 14.5 Å². The molecule has 0 atom stereocenters. The van der Waals surface area contributed by atoms with E-state index in [1.807, 2.05) is 24.4 Å². The summed E-state index contributed by atoms with van der Waals surface area (Å²) in [5.41, 5.74) is 4.46. The maximum absolute atomic E-state index is 5.59. The van der Waals surface area contributed by atoms with Crippen LogP contribution >= 0.6 is 0 Å². The van der Waals surface area contributed by atoms with Crippen molar-refractivity contribution in [3.05, 3.63) is 78.1 Å². The second kappa shape index (κ2) is 8.93. The molecule has 0 unspecified atom stereocenters. The summed E-state index contributed by atoms with van der Waals surface area (Å²) >= 11 is 0. The van der Waals surface area contributed by atoms with Crippen molar-refractivity contribution >= 4 is 16.7 Å². The summed E-state index contributed by atoms with van der Waals surface area (Å²) in [7, 11) is 1.75. The molecule has 5 rings (SSSR count). The zero-order valence-corrected chi connectivity index (χ0v) is 18.6. The van der Waals surface area contributed by atoms with Gasteiger partial charge < -0.3 is 14.5 Å². The number of para-hydroxylation sites is 1. The highest BCUT2D eigenvalue weighted by Crippen LogP contribution is 2.27. The van der Waals surface area contributed by atoms with E-state index in [2.05, 4.69) is 53.2 Å². The number of piperazine rings is 1. The Morgan fingerprint density at radius 1 is 1.00 bits per heavy atom. The molecular formula is C26H28N5O+. The molecule has 1 fully saturated rings. The van der Waals surface area contributed by atoms with Crippen LogP contribution in [-0.2, 0) is 6.54 Å². The normalized spacial score (nSPS) is 14.6. The first-order chi connectivity index (χ1) is 15.7. The molecular weight excluding hydrogens is 398 g/mol. The minimum Gasteiger partial charge on any atom is -0.496 e. The highest BCUT2D eigenvalue weighted by Gasteiger charge is 2.24. The Bertz CT molecular complexity index is 1220. The molecule has 4 aromatic rings. The lowest BCUT2D eigenvalue weighted by atomic mass is 10.1. The van der Waals surface area contributed by atoms with Gasteiger partial charge in [0.15, 0.2) is 5.82 Å². The minimum atomic E-state index is 0.728. The number of anilines is 1. The van der Waals surface area contributed by atoms with Crippen LogP contribution in [-0.4, -0.2) is 48.2 Å². The van der Waals surface area contributed by atoms with E-state index in [-0.39, 0.29) is 0 Å². The monoisotopic (exact) mass is 426 g/mol. The predicted molar refractivity (Wildman–Crippen MR) is 127 cm³/mol. The van der Waals surface area contributed by atoms with Gasteiger partial charge in [0.05, 0.1) is 38.8 Å². The lowest BCUT2D eigenvalue weighted by molar-refractivity contribution is -0.914. The van der Waals surface area contributed by atoms with Crippen LogP contribution in [0.1, 0.15) is 11.1 Å². The summed E-state index contributed by atoms with van der Waals surface area (Å²) in [4.78, 5) is 18.0. The van der Waals surface area contributed by atoms with Crippen LogP contribution in [0.2, 0.25) is 0 Å². The first-order valence-corrected chi connectivity index (χ1v) is 11.1. The molecule has 1 aliphatic heterocycles. The number of nitrogens with one attached hydrogen (secondary N) is 1. The molecule has 0 amide bonds. The number of benzene rings is 2. The van der Waals surface area contributed by atoms with Crippen molar-refractivity contribution < 1.29 is 9.64 Å². The number of aryl methyl sites for hydroxylation is 1. The SMILES string of the molecule is COc1ccc(C)cc1C[NH+]1CCN(c2nc(-c3cccnc3)nc3ccccc23)CC1. The first-order valence-electron chi connectivity index (χ1n) is 11.1. The molecule has 2 aromatic heterocycles. The Hall–Kier alpha value is -3.51. The fraction of sp³-hybridized carbons (Fsp3) is 0.269. The van der Waals surface area contributed by atoms with Crippen molar-refractivity contribution in [2.75, 3.05) is 38.2 Å². The molecule has 0 spiro atoms. The van der Waals surface area contributed by atoms with Gasteiger partial charge in [-0.3, -0.25) is 4.98 Å². The van der Waals surface area contributed by atoms with Gasteiger partial charge in [-0.2, -0.15) is 0 Å². The Morgan fingerprint density at radius 3 is 2.62 bits per heavy atom. The number of rotatable bonds is 5. The number of methoxy groups -OCH3 is 1. The molecule has 0 radical (unpaired) electrons. The lowest BCUT2D eigenvalue weighted by Gasteiger charge is -2.33. The van der Waals surface area contributed by atoms with Crippen molar-refractivity contribution in [3.63, 3.8) is 0 Å². The van der Waals surface area contributed by atoms with E-state index in [0.717, 1.165) is 66.6 Å². The van der Waals surface area contributed by atoms with E-state index in [9.17, 15) is 0 Å². The largest absolute Gasteiger partial charge is 0.496 e. The smallest absolute Gasteiger partial charge is 0.163 e. The Morgan fingerprint density at radius 2 is 1.84 bits per heavy atom. The number of pyridine rings is 1. The van der Waals surface area contributed by atoms with Crippen LogP contribution in [0.25, 0.3) is 22.3 Å². The van der Waals surface area contributed by atoms with Crippen LogP contribution in [0.4, 0.5) is 5.82 Å². The standard InChI is InChI=1S/C26H27N5O/c1-19-9-10-24(32-2)21(16-19)18-30-12-14-31(15-13-30)26-22-7-3-4-8-23(22)28-25(29-26)20-6-5-11-27-17-20/h3-11,16-17H,12-15,18H2,1-2H3/p+1. The molecule has 2 aromatic carbocycles. The van der Waals surface area contributed by atoms with Gasteiger partial charge in [0.2, 0.25) is 0 Å². The molecule has 3 heterocycles. The number of aromatic nitrogens is 3. The number of nitrogens with zero attached hydrogens (tertiary/aromatic N) is 4. The highest BCUT2D eigenvalue weighted by molar-refractivity contribution is 5.91. The quantitative estimate of drug-likeness (QED) is 0.532. The van der Waals surface area contributed by atoms with E-state index in [1.165, 1.54) is 11.1 Å². The summed E-state index contributed by atoms with van der Waals surface area (Å²) in [6, 6.07) is 18.6. The third-order valence-electron chi connectivity index (χ3n) is 6.15. The van der Waals surface area contributed by atoms with E-state index >= 15 is 0 Å². The average molecular weight is 427 g/mol. The fourth-order valence-corrected chi connectivity index (χ4v) is 4.45. The molecule has 6 nitrogen and oxygen atoms in total. The van der Waals surface area contributed by atoms with Gasteiger partial charge in [-0.05, 0) is 43.3 Å². The van der Waals surface area contributed by atoms with Crippen molar-refractivity contribution in [3.8, 4) is 17.1 Å². The van der Waals surface area contributed by atoms with Gasteiger partial charge >= 0.3 is 0 Å². The van der Waals surface area contributed by atoms with Gasteiger partial charge in [0.1, 0.15) is 18.1 Å². The van der Waals surface area contributed by atoms with Gasteiger partial charge in [0.25, 0.3) is 0 Å². The van der Waals surface area contributed by atoms with Crippen LogP contribution in [0.5, 0.6) is 5.75 Å².